The Balaban J connectivity index is 2.13. The summed E-state index contributed by atoms with van der Waals surface area (Å²) in [7, 11) is 0. The maximum absolute atomic E-state index is 11.8. The molecule has 3 rings (SSSR count). The number of rotatable bonds is 3. The van der Waals surface area contributed by atoms with Crippen LogP contribution in [0.25, 0.3) is 11.2 Å². The van der Waals surface area contributed by atoms with Gasteiger partial charge >= 0.3 is 0 Å². The lowest BCUT2D eigenvalue weighted by Crippen LogP contribution is -2.42. The van der Waals surface area contributed by atoms with Crippen LogP contribution in [-0.2, 0) is 0 Å². The number of fused-ring (bicyclic) bond motifs is 1. The average molecular weight is 344 g/mol. The minimum absolute atomic E-state index is 0.0229. The van der Waals surface area contributed by atoms with E-state index in [0.717, 1.165) is 0 Å². The Labute approximate surface area is 121 Å². The number of hydrogen-bond acceptors (Lipinski definition) is 6. The van der Waals surface area contributed by atoms with Crippen molar-refractivity contribution in [2.45, 2.75) is 12.5 Å². The first-order valence-corrected chi connectivity index (χ1v) is 7.01. The van der Waals surface area contributed by atoms with Crippen molar-refractivity contribution in [3.63, 3.8) is 0 Å². The second-order valence-corrected chi connectivity index (χ2v) is 5.68. The third-order valence-corrected chi connectivity index (χ3v) is 4.51. The van der Waals surface area contributed by atoms with Gasteiger partial charge in [0.15, 0.2) is 15.9 Å². The van der Waals surface area contributed by atoms with E-state index in [1.165, 1.54) is 0 Å². The first-order valence-electron chi connectivity index (χ1n) is 6.21. The number of H-pyrrole nitrogens is 1. The summed E-state index contributed by atoms with van der Waals surface area (Å²) in [6, 6.07) is -0.0646. The van der Waals surface area contributed by atoms with E-state index in [9.17, 15) is 15.0 Å². The van der Waals surface area contributed by atoms with Gasteiger partial charge in [0.2, 0.25) is 5.95 Å². The van der Waals surface area contributed by atoms with Crippen molar-refractivity contribution in [1.82, 2.24) is 19.5 Å². The Bertz CT molecular complexity index is 712. The molecule has 8 nitrogen and oxygen atoms in total. The minimum atomic E-state index is -0.398. The second kappa shape index (κ2) is 4.83. The predicted octanol–water partition coefficient (Wildman–Crippen LogP) is -0.374. The number of halogens is 1. The van der Waals surface area contributed by atoms with Crippen LogP contribution < -0.4 is 11.3 Å². The van der Waals surface area contributed by atoms with Crippen LogP contribution in [0.1, 0.15) is 12.5 Å². The van der Waals surface area contributed by atoms with E-state index in [-0.39, 0.29) is 42.6 Å². The number of aliphatic hydroxyl groups excluding tert-OH is 2. The van der Waals surface area contributed by atoms with E-state index in [1.54, 1.807) is 4.57 Å². The lowest BCUT2D eigenvalue weighted by molar-refractivity contribution is -0.00616. The highest BCUT2D eigenvalue weighted by atomic mass is 79.9. The van der Waals surface area contributed by atoms with Crippen LogP contribution >= 0.6 is 15.9 Å². The van der Waals surface area contributed by atoms with Crippen LogP contribution in [0.2, 0.25) is 0 Å². The molecule has 20 heavy (non-hydrogen) atoms. The highest BCUT2D eigenvalue weighted by Gasteiger charge is 2.43. The number of aromatic amines is 1. The molecule has 0 radical (unpaired) electrons. The summed E-state index contributed by atoms with van der Waals surface area (Å²) >= 11 is 3.32. The molecule has 0 aromatic carbocycles. The third kappa shape index (κ3) is 1.85. The highest BCUT2D eigenvalue weighted by Crippen LogP contribution is 2.45. The number of nitrogens with two attached hydrogens (primary N) is 1. The van der Waals surface area contributed by atoms with Crippen molar-refractivity contribution in [3.05, 3.63) is 15.1 Å². The van der Waals surface area contributed by atoms with Gasteiger partial charge in [-0.05, 0) is 28.3 Å². The van der Waals surface area contributed by atoms with E-state index in [2.05, 4.69) is 30.9 Å². The maximum Gasteiger partial charge on any atom is 0.280 e. The normalized spacial score (nSPS) is 25.9. The maximum atomic E-state index is 11.8. The fraction of sp³-hybridized carbons (Fsp3) is 0.545. The highest BCUT2D eigenvalue weighted by molar-refractivity contribution is 9.10. The molecule has 0 aliphatic heterocycles. The van der Waals surface area contributed by atoms with Crippen molar-refractivity contribution < 1.29 is 10.2 Å². The molecule has 5 N–H and O–H groups in total. The van der Waals surface area contributed by atoms with Gasteiger partial charge in [0.1, 0.15) is 0 Å². The number of hydrogen-bond donors (Lipinski definition) is 4. The summed E-state index contributed by atoms with van der Waals surface area (Å²) in [5.41, 5.74) is 5.76. The van der Waals surface area contributed by atoms with Crippen LogP contribution in [0.4, 0.5) is 5.95 Å². The van der Waals surface area contributed by atoms with Gasteiger partial charge in [-0.1, -0.05) is 0 Å². The summed E-state index contributed by atoms with van der Waals surface area (Å²) in [5, 5.41) is 18.7. The molecule has 9 heteroatoms. The van der Waals surface area contributed by atoms with Gasteiger partial charge < -0.3 is 15.9 Å². The van der Waals surface area contributed by atoms with Crippen LogP contribution in [0.3, 0.4) is 0 Å². The summed E-state index contributed by atoms with van der Waals surface area (Å²) in [4.78, 5) is 22.5. The molecule has 108 valence electrons. The SMILES string of the molecule is Nc1nc2c(nc(Br)n2[C@H]2C[C@@H](CO)[C@@H]2CO)c(=O)[nH]1. The molecule has 0 spiro atoms. The van der Waals surface area contributed by atoms with Crippen LogP contribution in [0, 0.1) is 11.8 Å². The van der Waals surface area contributed by atoms with Crippen LogP contribution in [0.5, 0.6) is 0 Å². The molecular formula is C11H14BrN5O3. The summed E-state index contributed by atoms with van der Waals surface area (Å²) < 4.78 is 2.23. The molecular weight excluding hydrogens is 330 g/mol. The number of anilines is 1. The zero-order chi connectivity index (χ0) is 14.4. The fourth-order valence-electron chi connectivity index (χ4n) is 2.82. The smallest absolute Gasteiger partial charge is 0.280 e. The number of nitrogens with one attached hydrogen (secondary N) is 1. The van der Waals surface area contributed by atoms with E-state index < -0.39 is 5.56 Å². The number of nitrogen functional groups attached to an aromatic ring is 1. The molecule has 2 aromatic rings. The van der Waals surface area contributed by atoms with Gasteiger partial charge in [-0.2, -0.15) is 4.98 Å². The monoisotopic (exact) mass is 343 g/mol. The molecule has 1 aliphatic carbocycles. The molecule has 0 unspecified atom stereocenters. The molecule has 0 amide bonds. The average Bonchev–Trinajstić information content (AvgIpc) is 2.67. The number of aromatic nitrogens is 4. The predicted molar refractivity (Wildman–Crippen MR) is 75.1 cm³/mol. The summed E-state index contributed by atoms with van der Waals surface area (Å²) in [5.74, 6) is -0.0144. The summed E-state index contributed by atoms with van der Waals surface area (Å²) in [6.07, 6.45) is 0.695. The van der Waals surface area contributed by atoms with Crippen molar-refractivity contribution in [2.24, 2.45) is 11.8 Å². The van der Waals surface area contributed by atoms with E-state index in [0.29, 0.717) is 16.8 Å². The first kappa shape index (κ1) is 13.5. The lowest BCUT2D eigenvalue weighted by Gasteiger charge is -2.43. The molecule has 1 aliphatic rings. The zero-order valence-electron chi connectivity index (χ0n) is 10.5. The quantitative estimate of drug-likeness (QED) is 0.562. The minimum Gasteiger partial charge on any atom is -0.396 e. The molecule has 0 bridgehead atoms. The Morgan fingerprint density at radius 2 is 2.15 bits per heavy atom. The zero-order valence-corrected chi connectivity index (χ0v) is 12.0. The topological polar surface area (TPSA) is 130 Å². The molecule has 2 aromatic heterocycles. The second-order valence-electron chi connectivity index (χ2n) is 4.97. The van der Waals surface area contributed by atoms with E-state index >= 15 is 0 Å². The van der Waals surface area contributed by atoms with Crippen molar-refractivity contribution in [1.29, 1.82) is 0 Å². The largest absolute Gasteiger partial charge is 0.396 e. The van der Waals surface area contributed by atoms with E-state index in [4.69, 9.17) is 5.73 Å². The van der Waals surface area contributed by atoms with Gasteiger partial charge in [0, 0.05) is 25.2 Å². The van der Waals surface area contributed by atoms with Crippen molar-refractivity contribution in [3.8, 4) is 0 Å². The summed E-state index contributed by atoms with van der Waals surface area (Å²) in [6.45, 7) is -0.0111. The van der Waals surface area contributed by atoms with Crippen LogP contribution in [-0.4, -0.2) is 42.9 Å². The van der Waals surface area contributed by atoms with Gasteiger partial charge in [-0.15, -0.1) is 0 Å². The van der Waals surface area contributed by atoms with Gasteiger partial charge in [-0.25, -0.2) is 4.98 Å². The molecule has 1 fully saturated rings. The van der Waals surface area contributed by atoms with Gasteiger partial charge in [-0.3, -0.25) is 14.3 Å². The first-order chi connectivity index (χ1) is 9.56. The van der Waals surface area contributed by atoms with Gasteiger partial charge in [0.25, 0.3) is 5.56 Å². The molecule has 1 saturated carbocycles. The van der Waals surface area contributed by atoms with Crippen molar-refractivity contribution in [2.75, 3.05) is 18.9 Å². The van der Waals surface area contributed by atoms with Crippen LogP contribution in [0.15, 0.2) is 9.53 Å². The standard InChI is InChI=1S/C11H14BrN5O3/c12-10-14-7-8(15-11(13)16-9(7)20)17(10)6-1-4(2-18)5(6)3-19/h4-6,18-19H,1-3H2,(H3,13,15,16,20)/t4-,5-,6-/m0/s1. The van der Waals surface area contributed by atoms with E-state index in [1.807, 2.05) is 0 Å². The molecule has 0 saturated heterocycles. The molecule has 3 atom stereocenters. The Hall–Kier alpha value is -1.45. The Kier molecular flexibility index (Phi) is 3.27. The fourth-order valence-corrected chi connectivity index (χ4v) is 3.43. The van der Waals surface area contributed by atoms with Gasteiger partial charge in [0.05, 0.1) is 0 Å². The Morgan fingerprint density at radius 1 is 1.40 bits per heavy atom. The lowest BCUT2D eigenvalue weighted by atomic mass is 9.70. The number of imidazole rings is 1. The number of nitrogens with zero attached hydrogens (tertiary/aromatic N) is 3. The molecule has 2 heterocycles. The Morgan fingerprint density at radius 3 is 2.80 bits per heavy atom. The third-order valence-electron chi connectivity index (χ3n) is 3.95. The van der Waals surface area contributed by atoms with Crippen molar-refractivity contribution >= 4 is 33.0 Å². The number of aliphatic hydroxyl groups is 2.